The van der Waals surface area contributed by atoms with E-state index in [1.54, 1.807) is 24.3 Å². The van der Waals surface area contributed by atoms with E-state index in [-0.39, 0.29) is 42.6 Å². The molecular formula is C20H19FN6O3. The third-order valence-corrected chi connectivity index (χ3v) is 3.87. The SMILES string of the molecule is Cc1ccc(C(=O)NCC(=O)OCc2nc(N)nc(Nc3ccc(F)cc3)n2)cc1. The first kappa shape index (κ1) is 20.6. The van der Waals surface area contributed by atoms with Crippen LogP contribution in [0.15, 0.2) is 48.5 Å². The predicted octanol–water partition coefficient (Wildman–Crippen LogP) is 2.12. The molecule has 3 rings (SSSR count). The van der Waals surface area contributed by atoms with Gasteiger partial charge in [0.15, 0.2) is 12.4 Å². The molecule has 30 heavy (non-hydrogen) atoms. The molecule has 0 aliphatic heterocycles. The summed E-state index contributed by atoms with van der Waals surface area (Å²) in [5.74, 6) is -1.27. The molecule has 1 amide bonds. The van der Waals surface area contributed by atoms with Gasteiger partial charge in [0.05, 0.1) is 0 Å². The Labute approximate surface area is 171 Å². The smallest absolute Gasteiger partial charge is 0.325 e. The summed E-state index contributed by atoms with van der Waals surface area (Å²) in [7, 11) is 0. The zero-order valence-electron chi connectivity index (χ0n) is 16.1. The zero-order valence-corrected chi connectivity index (χ0v) is 16.1. The molecule has 9 nitrogen and oxygen atoms in total. The van der Waals surface area contributed by atoms with Crippen LogP contribution in [0.1, 0.15) is 21.7 Å². The van der Waals surface area contributed by atoms with E-state index < -0.39 is 5.97 Å². The maximum absolute atomic E-state index is 13.0. The van der Waals surface area contributed by atoms with Crippen LogP contribution < -0.4 is 16.4 Å². The molecule has 1 aromatic heterocycles. The number of nitrogens with one attached hydrogen (secondary N) is 2. The van der Waals surface area contributed by atoms with Crippen LogP contribution in [0, 0.1) is 12.7 Å². The van der Waals surface area contributed by atoms with Crippen molar-refractivity contribution in [2.75, 3.05) is 17.6 Å². The number of aryl methyl sites for hydroxylation is 1. The minimum absolute atomic E-state index is 0.0756. The molecule has 0 spiro atoms. The van der Waals surface area contributed by atoms with Crippen molar-refractivity contribution in [2.45, 2.75) is 13.5 Å². The second kappa shape index (κ2) is 9.41. The Morgan fingerprint density at radius 1 is 1.03 bits per heavy atom. The van der Waals surface area contributed by atoms with Gasteiger partial charge in [-0.15, -0.1) is 0 Å². The van der Waals surface area contributed by atoms with E-state index in [9.17, 15) is 14.0 Å². The number of carbonyl (C=O) groups is 2. The molecule has 0 fully saturated rings. The standard InChI is InChI=1S/C20H19FN6O3/c1-12-2-4-13(5-3-12)18(29)23-10-17(28)30-11-16-25-19(22)27-20(26-16)24-15-8-6-14(21)7-9-15/h2-9H,10-11H2,1H3,(H,23,29)(H3,22,24,25,26,27). The van der Waals surface area contributed by atoms with E-state index in [1.807, 2.05) is 6.92 Å². The van der Waals surface area contributed by atoms with Gasteiger partial charge in [-0.2, -0.15) is 15.0 Å². The fourth-order valence-electron chi connectivity index (χ4n) is 2.38. The number of hydrogen-bond donors (Lipinski definition) is 3. The lowest BCUT2D eigenvalue weighted by Crippen LogP contribution is -2.30. The first-order valence-corrected chi connectivity index (χ1v) is 8.92. The summed E-state index contributed by atoms with van der Waals surface area (Å²) in [5, 5.41) is 5.34. The van der Waals surface area contributed by atoms with Crippen molar-refractivity contribution in [1.82, 2.24) is 20.3 Å². The van der Waals surface area contributed by atoms with Gasteiger partial charge in [0.2, 0.25) is 11.9 Å². The second-order valence-corrected chi connectivity index (χ2v) is 6.27. The summed E-state index contributed by atoms with van der Waals surface area (Å²) in [4.78, 5) is 35.9. The number of aromatic nitrogens is 3. The molecule has 4 N–H and O–H groups in total. The Morgan fingerprint density at radius 3 is 2.43 bits per heavy atom. The number of esters is 1. The lowest BCUT2D eigenvalue weighted by atomic mass is 10.1. The predicted molar refractivity (Wildman–Crippen MR) is 107 cm³/mol. The van der Waals surface area contributed by atoms with Gasteiger partial charge in [0.1, 0.15) is 12.4 Å². The Kier molecular flexibility index (Phi) is 6.48. The van der Waals surface area contributed by atoms with E-state index in [4.69, 9.17) is 10.5 Å². The molecule has 0 aliphatic carbocycles. The highest BCUT2D eigenvalue weighted by molar-refractivity contribution is 5.95. The molecule has 0 radical (unpaired) electrons. The number of benzene rings is 2. The number of amides is 1. The number of nitrogens with zero attached hydrogens (tertiary/aromatic N) is 3. The number of halogens is 1. The van der Waals surface area contributed by atoms with Crippen LogP contribution in [0.2, 0.25) is 0 Å². The molecule has 10 heteroatoms. The number of nitrogens with two attached hydrogens (primary N) is 1. The molecule has 0 bridgehead atoms. The largest absolute Gasteiger partial charge is 0.456 e. The fourth-order valence-corrected chi connectivity index (χ4v) is 2.38. The van der Waals surface area contributed by atoms with Gasteiger partial charge in [-0.3, -0.25) is 9.59 Å². The molecule has 3 aromatic rings. The van der Waals surface area contributed by atoms with Gasteiger partial charge in [-0.1, -0.05) is 17.7 Å². The van der Waals surface area contributed by atoms with Gasteiger partial charge in [0, 0.05) is 11.3 Å². The van der Waals surface area contributed by atoms with E-state index in [0.717, 1.165) is 5.56 Å². The van der Waals surface area contributed by atoms with E-state index in [2.05, 4.69) is 25.6 Å². The maximum Gasteiger partial charge on any atom is 0.325 e. The Bertz CT molecular complexity index is 1040. The van der Waals surface area contributed by atoms with Crippen LogP contribution in [0.3, 0.4) is 0 Å². The fraction of sp³-hybridized carbons (Fsp3) is 0.150. The zero-order chi connectivity index (χ0) is 21.5. The van der Waals surface area contributed by atoms with E-state index >= 15 is 0 Å². The number of nitrogen functional groups attached to an aromatic ring is 1. The molecule has 0 unspecified atom stereocenters. The third kappa shape index (κ3) is 5.96. The van der Waals surface area contributed by atoms with Crippen molar-refractivity contribution in [3.05, 3.63) is 71.3 Å². The average Bonchev–Trinajstić information content (AvgIpc) is 2.72. The monoisotopic (exact) mass is 410 g/mol. The topological polar surface area (TPSA) is 132 Å². The molecule has 0 saturated carbocycles. The number of ether oxygens (including phenoxy) is 1. The lowest BCUT2D eigenvalue weighted by molar-refractivity contribution is -0.143. The van der Waals surface area contributed by atoms with E-state index in [1.165, 1.54) is 24.3 Å². The highest BCUT2D eigenvalue weighted by Gasteiger charge is 2.11. The number of hydrogen-bond acceptors (Lipinski definition) is 8. The van der Waals surface area contributed by atoms with Gasteiger partial charge in [0.25, 0.3) is 5.91 Å². The molecule has 0 atom stereocenters. The number of carbonyl (C=O) groups excluding carboxylic acids is 2. The minimum atomic E-state index is -0.664. The Morgan fingerprint density at radius 2 is 1.73 bits per heavy atom. The summed E-state index contributed by atoms with van der Waals surface area (Å²) in [6.07, 6.45) is 0. The molecule has 154 valence electrons. The van der Waals surface area contributed by atoms with Crippen LogP contribution in [0.5, 0.6) is 0 Å². The van der Waals surface area contributed by atoms with Crippen molar-refractivity contribution < 1.29 is 18.7 Å². The molecular weight excluding hydrogens is 391 g/mol. The van der Waals surface area contributed by atoms with Crippen LogP contribution >= 0.6 is 0 Å². The molecule has 0 saturated heterocycles. The first-order chi connectivity index (χ1) is 14.4. The summed E-state index contributed by atoms with van der Waals surface area (Å²) in [5.41, 5.74) is 7.67. The maximum atomic E-state index is 13.0. The van der Waals surface area contributed by atoms with Crippen molar-refractivity contribution in [1.29, 1.82) is 0 Å². The third-order valence-electron chi connectivity index (χ3n) is 3.87. The molecule has 0 aliphatic rings. The quantitative estimate of drug-likeness (QED) is 0.505. The van der Waals surface area contributed by atoms with Gasteiger partial charge < -0.3 is 21.1 Å². The number of anilines is 3. The first-order valence-electron chi connectivity index (χ1n) is 8.92. The van der Waals surface area contributed by atoms with Crippen molar-refractivity contribution in [3.63, 3.8) is 0 Å². The van der Waals surface area contributed by atoms with Crippen molar-refractivity contribution >= 4 is 29.5 Å². The van der Waals surface area contributed by atoms with Crippen LogP contribution in [0.4, 0.5) is 22.0 Å². The summed E-state index contributed by atoms with van der Waals surface area (Å²) < 4.78 is 18.1. The van der Waals surface area contributed by atoms with Crippen LogP contribution in [-0.4, -0.2) is 33.4 Å². The summed E-state index contributed by atoms with van der Waals surface area (Å²) in [6.45, 7) is 1.34. The highest BCUT2D eigenvalue weighted by Crippen LogP contribution is 2.14. The Balaban J connectivity index is 1.52. The van der Waals surface area contributed by atoms with Gasteiger partial charge in [-0.25, -0.2) is 4.39 Å². The minimum Gasteiger partial charge on any atom is -0.456 e. The van der Waals surface area contributed by atoms with Crippen molar-refractivity contribution in [3.8, 4) is 0 Å². The lowest BCUT2D eigenvalue weighted by Gasteiger charge is -2.09. The van der Waals surface area contributed by atoms with Crippen LogP contribution in [0.25, 0.3) is 0 Å². The summed E-state index contributed by atoms with van der Waals surface area (Å²) >= 11 is 0. The Hall–Kier alpha value is -4.08. The number of rotatable bonds is 7. The van der Waals surface area contributed by atoms with Crippen LogP contribution in [-0.2, 0) is 16.1 Å². The van der Waals surface area contributed by atoms with Gasteiger partial charge in [-0.05, 0) is 43.3 Å². The van der Waals surface area contributed by atoms with Crippen molar-refractivity contribution in [2.24, 2.45) is 0 Å². The summed E-state index contributed by atoms with van der Waals surface area (Å²) in [6, 6.07) is 12.5. The second-order valence-electron chi connectivity index (χ2n) is 6.27. The van der Waals surface area contributed by atoms with E-state index in [0.29, 0.717) is 11.3 Å². The highest BCUT2D eigenvalue weighted by atomic mass is 19.1. The normalized spacial score (nSPS) is 10.3. The average molecular weight is 410 g/mol. The molecule has 1 heterocycles. The molecule has 2 aromatic carbocycles. The van der Waals surface area contributed by atoms with Gasteiger partial charge >= 0.3 is 5.97 Å².